The van der Waals surface area contributed by atoms with Gasteiger partial charge in [-0.1, -0.05) is 19.1 Å². The number of nitrogens with one attached hydrogen (secondary N) is 3. The van der Waals surface area contributed by atoms with Gasteiger partial charge in [-0.2, -0.15) is 11.8 Å². The van der Waals surface area contributed by atoms with Crippen LogP contribution in [0.1, 0.15) is 31.9 Å². The highest BCUT2D eigenvalue weighted by molar-refractivity contribution is 7.98. The number of anilines is 1. The van der Waals surface area contributed by atoms with Crippen molar-refractivity contribution in [1.82, 2.24) is 10.6 Å². The van der Waals surface area contributed by atoms with Gasteiger partial charge in [-0.25, -0.2) is 4.79 Å². The summed E-state index contributed by atoms with van der Waals surface area (Å²) in [6, 6.07) is 8.15. The van der Waals surface area contributed by atoms with Crippen LogP contribution in [0.25, 0.3) is 0 Å². The molecule has 0 saturated carbocycles. The summed E-state index contributed by atoms with van der Waals surface area (Å²) in [4.78, 5) is 11.6. The lowest BCUT2D eigenvalue weighted by Gasteiger charge is -2.14. The van der Waals surface area contributed by atoms with Crippen molar-refractivity contribution in [2.45, 2.75) is 26.3 Å². The maximum atomic E-state index is 11.6. The van der Waals surface area contributed by atoms with Gasteiger partial charge in [-0.3, -0.25) is 0 Å². The number of carbonyl (C=O) groups is 1. The van der Waals surface area contributed by atoms with E-state index < -0.39 is 0 Å². The van der Waals surface area contributed by atoms with Crippen LogP contribution >= 0.6 is 11.8 Å². The van der Waals surface area contributed by atoms with E-state index in [1.807, 2.05) is 30.5 Å². The van der Waals surface area contributed by atoms with E-state index in [1.165, 1.54) is 5.56 Å². The molecule has 0 bridgehead atoms. The minimum absolute atomic E-state index is 0.149. The molecule has 0 radical (unpaired) electrons. The molecule has 0 aliphatic heterocycles. The number of hydrogen-bond donors (Lipinski definition) is 3. The second kappa shape index (κ2) is 9.66. The number of hydrogen-bond acceptors (Lipinski definition) is 3. The number of urea groups is 1. The highest BCUT2D eigenvalue weighted by Crippen LogP contribution is 2.15. The van der Waals surface area contributed by atoms with Gasteiger partial charge in [0.15, 0.2) is 0 Å². The molecule has 5 heteroatoms. The Morgan fingerprint density at radius 2 is 1.95 bits per heavy atom. The predicted molar refractivity (Wildman–Crippen MR) is 88.6 cm³/mol. The summed E-state index contributed by atoms with van der Waals surface area (Å²) in [5, 5.41) is 9.09. The zero-order chi connectivity index (χ0) is 14.8. The van der Waals surface area contributed by atoms with E-state index in [-0.39, 0.29) is 6.03 Å². The van der Waals surface area contributed by atoms with Crippen molar-refractivity contribution < 1.29 is 4.79 Å². The van der Waals surface area contributed by atoms with Crippen molar-refractivity contribution in [3.05, 3.63) is 29.8 Å². The molecule has 0 aliphatic carbocycles. The molecule has 1 rings (SSSR count). The molecule has 1 atom stereocenters. The number of amides is 2. The first-order chi connectivity index (χ1) is 9.67. The van der Waals surface area contributed by atoms with Crippen LogP contribution in [0, 0.1) is 0 Å². The average molecular weight is 295 g/mol. The van der Waals surface area contributed by atoms with E-state index in [0.29, 0.717) is 12.6 Å². The highest BCUT2D eigenvalue weighted by atomic mass is 32.2. The number of thioether (sulfide) groups is 1. The molecular weight excluding hydrogens is 270 g/mol. The maximum absolute atomic E-state index is 11.6. The molecule has 4 nitrogen and oxygen atoms in total. The maximum Gasteiger partial charge on any atom is 0.319 e. The van der Waals surface area contributed by atoms with Crippen molar-refractivity contribution in [2.75, 3.05) is 30.4 Å². The van der Waals surface area contributed by atoms with Crippen LogP contribution in [-0.4, -0.2) is 31.1 Å². The van der Waals surface area contributed by atoms with Crippen LogP contribution in [0.15, 0.2) is 24.3 Å². The van der Waals surface area contributed by atoms with E-state index in [9.17, 15) is 4.79 Å². The summed E-state index contributed by atoms with van der Waals surface area (Å²) in [7, 11) is 0. The van der Waals surface area contributed by atoms with Crippen molar-refractivity contribution in [3.8, 4) is 0 Å². The van der Waals surface area contributed by atoms with Crippen molar-refractivity contribution in [3.63, 3.8) is 0 Å². The molecular formula is C15H25N3OS. The van der Waals surface area contributed by atoms with Gasteiger partial charge in [0, 0.05) is 24.0 Å². The molecule has 0 spiro atoms. The van der Waals surface area contributed by atoms with Gasteiger partial charge in [0.05, 0.1) is 0 Å². The standard InChI is InChI=1S/C15H25N3OS/c1-4-9-16-12(2)13-5-7-14(8-6-13)18-15(19)17-10-11-20-3/h5-8,12,16H,4,9-11H2,1-3H3,(H2,17,18,19). The fraction of sp³-hybridized carbons (Fsp3) is 0.533. The second-order valence-corrected chi connectivity index (χ2v) is 5.66. The Morgan fingerprint density at radius 1 is 1.25 bits per heavy atom. The normalized spacial score (nSPS) is 11.9. The minimum Gasteiger partial charge on any atom is -0.337 e. The molecule has 3 N–H and O–H groups in total. The lowest BCUT2D eigenvalue weighted by molar-refractivity contribution is 0.252. The van der Waals surface area contributed by atoms with Gasteiger partial charge < -0.3 is 16.0 Å². The molecule has 0 aromatic heterocycles. The molecule has 0 aliphatic rings. The van der Waals surface area contributed by atoms with Crippen LogP contribution in [0.2, 0.25) is 0 Å². The third-order valence-corrected chi connectivity index (χ3v) is 3.57. The van der Waals surface area contributed by atoms with Crippen LogP contribution in [-0.2, 0) is 0 Å². The number of benzene rings is 1. The first-order valence-electron chi connectivity index (χ1n) is 7.04. The molecule has 0 fully saturated rings. The summed E-state index contributed by atoms with van der Waals surface area (Å²) in [5.74, 6) is 0.924. The van der Waals surface area contributed by atoms with Gasteiger partial charge in [0.25, 0.3) is 0 Å². The molecule has 20 heavy (non-hydrogen) atoms. The topological polar surface area (TPSA) is 53.2 Å². The molecule has 0 heterocycles. The van der Waals surface area contributed by atoms with Crippen LogP contribution in [0.4, 0.5) is 10.5 Å². The highest BCUT2D eigenvalue weighted by Gasteiger charge is 2.05. The first-order valence-corrected chi connectivity index (χ1v) is 8.44. The third kappa shape index (κ3) is 6.30. The van der Waals surface area contributed by atoms with Crippen LogP contribution < -0.4 is 16.0 Å². The summed E-state index contributed by atoms with van der Waals surface area (Å²) in [6.45, 7) is 6.00. The zero-order valence-corrected chi connectivity index (χ0v) is 13.3. The Kier molecular flexibility index (Phi) is 8.14. The van der Waals surface area contributed by atoms with E-state index in [0.717, 1.165) is 24.4 Å². The second-order valence-electron chi connectivity index (χ2n) is 4.67. The Bertz CT molecular complexity index is 395. The monoisotopic (exact) mass is 295 g/mol. The summed E-state index contributed by atoms with van der Waals surface area (Å²) in [5.41, 5.74) is 2.05. The zero-order valence-electron chi connectivity index (χ0n) is 12.5. The van der Waals surface area contributed by atoms with Crippen LogP contribution in [0.3, 0.4) is 0 Å². The molecule has 2 amide bonds. The molecule has 1 aromatic rings. The van der Waals surface area contributed by atoms with Gasteiger partial charge in [0.1, 0.15) is 0 Å². The predicted octanol–water partition coefficient (Wildman–Crippen LogP) is 3.23. The lowest BCUT2D eigenvalue weighted by Crippen LogP contribution is -2.30. The van der Waals surface area contributed by atoms with Gasteiger partial charge in [-0.05, 0) is 43.8 Å². The van der Waals surface area contributed by atoms with Gasteiger partial charge in [0.2, 0.25) is 0 Å². The minimum atomic E-state index is -0.149. The Hall–Kier alpha value is -1.20. The lowest BCUT2D eigenvalue weighted by atomic mass is 10.1. The number of carbonyl (C=O) groups excluding carboxylic acids is 1. The van der Waals surface area contributed by atoms with Crippen LogP contribution in [0.5, 0.6) is 0 Å². The fourth-order valence-corrected chi connectivity index (χ4v) is 2.08. The average Bonchev–Trinajstić information content (AvgIpc) is 2.46. The SMILES string of the molecule is CCCNC(C)c1ccc(NC(=O)NCCSC)cc1. The number of rotatable bonds is 8. The molecule has 1 unspecified atom stereocenters. The third-order valence-electron chi connectivity index (χ3n) is 2.96. The van der Waals surface area contributed by atoms with Crippen molar-refractivity contribution in [1.29, 1.82) is 0 Å². The Balaban J connectivity index is 2.43. The molecule has 0 saturated heterocycles. The van der Waals surface area contributed by atoms with Gasteiger partial charge >= 0.3 is 6.03 Å². The van der Waals surface area contributed by atoms with E-state index in [1.54, 1.807) is 11.8 Å². The quantitative estimate of drug-likeness (QED) is 0.645. The summed E-state index contributed by atoms with van der Waals surface area (Å²) >= 11 is 1.71. The van der Waals surface area contributed by atoms with E-state index in [4.69, 9.17) is 0 Å². The Labute approximate surface area is 126 Å². The fourth-order valence-electron chi connectivity index (χ4n) is 1.78. The van der Waals surface area contributed by atoms with Crippen molar-refractivity contribution in [2.24, 2.45) is 0 Å². The largest absolute Gasteiger partial charge is 0.337 e. The van der Waals surface area contributed by atoms with E-state index in [2.05, 4.69) is 29.8 Å². The Morgan fingerprint density at radius 3 is 2.55 bits per heavy atom. The van der Waals surface area contributed by atoms with Crippen molar-refractivity contribution >= 4 is 23.5 Å². The first kappa shape index (κ1) is 16.9. The summed E-state index contributed by atoms with van der Waals surface area (Å²) < 4.78 is 0. The summed E-state index contributed by atoms with van der Waals surface area (Å²) in [6.07, 6.45) is 3.15. The smallest absolute Gasteiger partial charge is 0.319 e. The van der Waals surface area contributed by atoms with E-state index >= 15 is 0 Å². The molecule has 112 valence electrons. The van der Waals surface area contributed by atoms with Gasteiger partial charge in [-0.15, -0.1) is 0 Å². The molecule has 1 aromatic carbocycles.